The average Bonchev–Trinajstić information content (AvgIpc) is 2.78. The van der Waals surface area contributed by atoms with Crippen molar-refractivity contribution in [1.82, 2.24) is 9.80 Å². The molecule has 0 radical (unpaired) electrons. The molecule has 2 atom stereocenters. The van der Waals surface area contributed by atoms with Crippen molar-refractivity contribution in [3.05, 3.63) is 0 Å². The Morgan fingerprint density at radius 3 is 2.75 bits per heavy atom. The Bertz CT molecular complexity index is 208. The molecule has 0 saturated carbocycles. The summed E-state index contributed by atoms with van der Waals surface area (Å²) in [6.45, 7) is 8.78. The lowest BCUT2D eigenvalue weighted by Crippen LogP contribution is -2.47. The summed E-state index contributed by atoms with van der Waals surface area (Å²) >= 11 is 0. The molecule has 2 heterocycles. The van der Waals surface area contributed by atoms with Crippen LogP contribution in [0, 0.1) is 5.92 Å². The number of hydrogen-bond donors (Lipinski definition) is 1. The lowest BCUT2D eigenvalue weighted by atomic mass is 10.0. The van der Waals surface area contributed by atoms with E-state index < -0.39 is 0 Å². The van der Waals surface area contributed by atoms with Gasteiger partial charge in [-0.05, 0) is 51.2 Å². The first-order valence-corrected chi connectivity index (χ1v) is 6.90. The standard InChI is InChI=1S/C13H26N2O/c1-2-6-14-7-3-4-13(10-14)15-8-5-12(9-15)11-16/h12-13,16H,2-11H2,1H3. The molecule has 2 aliphatic heterocycles. The average molecular weight is 226 g/mol. The van der Waals surface area contributed by atoms with Gasteiger partial charge in [0.2, 0.25) is 0 Å². The Morgan fingerprint density at radius 2 is 2.06 bits per heavy atom. The van der Waals surface area contributed by atoms with E-state index in [9.17, 15) is 5.11 Å². The number of piperidine rings is 1. The second kappa shape index (κ2) is 5.99. The van der Waals surface area contributed by atoms with Crippen LogP contribution in [0.1, 0.15) is 32.6 Å². The highest BCUT2D eigenvalue weighted by atomic mass is 16.3. The molecule has 2 aliphatic rings. The van der Waals surface area contributed by atoms with Crippen LogP contribution < -0.4 is 0 Å². The van der Waals surface area contributed by atoms with Gasteiger partial charge in [0, 0.05) is 25.7 Å². The van der Waals surface area contributed by atoms with E-state index in [1.54, 1.807) is 0 Å². The van der Waals surface area contributed by atoms with E-state index in [0.29, 0.717) is 12.5 Å². The Hall–Kier alpha value is -0.120. The molecule has 1 N–H and O–H groups in total. The van der Waals surface area contributed by atoms with Crippen LogP contribution in [0.15, 0.2) is 0 Å². The van der Waals surface area contributed by atoms with Crippen molar-refractivity contribution in [2.45, 2.75) is 38.6 Å². The summed E-state index contributed by atoms with van der Waals surface area (Å²) in [6, 6.07) is 0.761. The number of aliphatic hydroxyl groups excluding tert-OH is 1. The summed E-state index contributed by atoms with van der Waals surface area (Å²) in [5, 5.41) is 9.18. The molecule has 2 saturated heterocycles. The molecule has 0 aromatic rings. The summed E-state index contributed by atoms with van der Waals surface area (Å²) in [4.78, 5) is 5.23. The SMILES string of the molecule is CCCN1CCCC(N2CCC(CO)C2)C1. The van der Waals surface area contributed by atoms with E-state index in [1.807, 2.05) is 0 Å². The van der Waals surface area contributed by atoms with Crippen molar-refractivity contribution in [2.75, 3.05) is 39.3 Å². The van der Waals surface area contributed by atoms with Gasteiger partial charge in [-0.2, -0.15) is 0 Å². The summed E-state index contributed by atoms with van der Waals surface area (Å²) in [6.07, 6.45) is 5.18. The van der Waals surface area contributed by atoms with Crippen LogP contribution in [0.25, 0.3) is 0 Å². The molecule has 2 unspecified atom stereocenters. The molecular weight excluding hydrogens is 200 g/mol. The molecule has 0 aliphatic carbocycles. The monoisotopic (exact) mass is 226 g/mol. The first-order valence-electron chi connectivity index (χ1n) is 6.90. The third-order valence-corrected chi connectivity index (χ3v) is 4.11. The fourth-order valence-electron chi connectivity index (χ4n) is 3.19. The lowest BCUT2D eigenvalue weighted by Gasteiger charge is -2.37. The minimum atomic E-state index is 0.377. The highest BCUT2D eigenvalue weighted by Crippen LogP contribution is 2.23. The van der Waals surface area contributed by atoms with Crippen molar-refractivity contribution in [3.63, 3.8) is 0 Å². The van der Waals surface area contributed by atoms with Gasteiger partial charge in [0.15, 0.2) is 0 Å². The van der Waals surface area contributed by atoms with E-state index in [0.717, 1.165) is 12.6 Å². The zero-order valence-corrected chi connectivity index (χ0v) is 10.6. The van der Waals surface area contributed by atoms with Crippen molar-refractivity contribution in [1.29, 1.82) is 0 Å². The second-order valence-electron chi connectivity index (χ2n) is 5.43. The largest absolute Gasteiger partial charge is 0.396 e. The van der Waals surface area contributed by atoms with E-state index in [-0.39, 0.29) is 0 Å². The van der Waals surface area contributed by atoms with Crippen molar-refractivity contribution in [3.8, 4) is 0 Å². The normalized spacial score (nSPS) is 33.4. The van der Waals surface area contributed by atoms with Crippen molar-refractivity contribution < 1.29 is 5.11 Å². The molecule has 0 amide bonds. The van der Waals surface area contributed by atoms with E-state index in [4.69, 9.17) is 0 Å². The maximum atomic E-state index is 9.18. The van der Waals surface area contributed by atoms with E-state index >= 15 is 0 Å². The van der Waals surface area contributed by atoms with Gasteiger partial charge in [0.25, 0.3) is 0 Å². The first kappa shape index (κ1) is 12.3. The maximum Gasteiger partial charge on any atom is 0.0471 e. The zero-order valence-electron chi connectivity index (χ0n) is 10.6. The Labute approximate surface area is 99.4 Å². The number of rotatable bonds is 4. The van der Waals surface area contributed by atoms with Gasteiger partial charge in [-0.1, -0.05) is 6.92 Å². The molecule has 3 nitrogen and oxygen atoms in total. The van der Waals surface area contributed by atoms with Crippen LogP contribution in [0.3, 0.4) is 0 Å². The molecule has 3 heteroatoms. The van der Waals surface area contributed by atoms with Crippen LogP contribution in [0.2, 0.25) is 0 Å². The number of aliphatic hydroxyl groups is 1. The topological polar surface area (TPSA) is 26.7 Å². The van der Waals surface area contributed by atoms with Gasteiger partial charge in [0.05, 0.1) is 0 Å². The third-order valence-electron chi connectivity index (χ3n) is 4.11. The van der Waals surface area contributed by atoms with Crippen molar-refractivity contribution in [2.24, 2.45) is 5.92 Å². The van der Waals surface area contributed by atoms with Gasteiger partial charge >= 0.3 is 0 Å². The Morgan fingerprint density at radius 1 is 1.19 bits per heavy atom. The lowest BCUT2D eigenvalue weighted by molar-refractivity contribution is 0.109. The van der Waals surface area contributed by atoms with Crippen LogP contribution in [-0.2, 0) is 0 Å². The molecule has 0 aromatic carbocycles. The quantitative estimate of drug-likeness (QED) is 0.779. The maximum absolute atomic E-state index is 9.18. The number of nitrogens with zero attached hydrogens (tertiary/aromatic N) is 2. The molecule has 0 spiro atoms. The molecule has 2 fully saturated rings. The van der Waals surface area contributed by atoms with Gasteiger partial charge < -0.3 is 10.0 Å². The first-order chi connectivity index (χ1) is 7.83. The van der Waals surface area contributed by atoms with Crippen LogP contribution >= 0.6 is 0 Å². The Balaban J connectivity index is 1.80. The number of hydrogen-bond acceptors (Lipinski definition) is 3. The van der Waals surface area contributed by atoms with Gasteiger partial charge in [-0.25, -0.2) is 0 Å². The molecule has 16 heavy (non-hydrogen) atoms. The summed E-state index contributed by atoms with van der Waals surface area (Å²) in [5.74, 6) is 0.543. The fourth-order valence-corrected chi connectivity index (χ4v) is 3.19. The molecule has 0 bridgehead atoms. The summed E-state index contributed by atoms with van der Waals surface area (Å²) < 4.78 is 0. The summed E-state index contributed by atoms with van der Waals surface area (Å²) in [5.41, 5.74) is 0. The molecular formula is C13H26N2O. The highest BCUT2D eigenvalue weighted by Gasteiger charge is 2.30. The van der Waals surface area contributed by atoms with Crippen molar-refractivity contribution >= 4 is 0 Å². The molecule has 0 aromatic heterocycles. The molecule has 94 valence electrons. The fraction of sp³-hybridized carbons (Fsp3) is 1.00. The second-order valence-corrected chi connectivity index (χ2v) is 5.43. The van der Waals surface area contributed by atoms with Gasteiger partial charge in [-0.3, -0.25) is 4.90 Å². The minimum Gasteiger partial charge on any atom is -0.396 e. The zero-order chi connectivity index (χ0) is 11.4. The van der Waals surface area contributed by atoms with E-state index in [2.05, 4.69) is 16.7 Å². The minimum absolute atomic E-state index is 0.377. The summed E-state index contributed by atoms with van der Waals surface area (Å²) in [7, 11) is 0. The smallest absolute Gasteiger partial charge is 0.0471 e. The van der Waals surface area contributed by atoms with Crippen LogP contribution in [0.4, 0.5) is 0 Å². The number of likely N-dealkylation sites (tertiary alicyclic amines) is 2. The van der Waals surface area contributed by atoms with Gasteiger partial charge in [-0.15, -0.1) is 0 Å². The predicted octanol–water partition coefficient (Wildman–Crippen LogP) is 1.18. The predicted molar refractivity (Wildman–Crippen MR) is 66.5 cm³/mol. The van der Waals surface area contributed by atoms with Crippen LogP contribution in [-0.4, -0.2) is 60.3 Å². The Kier molecular flexibility index (Phi) is 4.62. The highest BCUT2D eigenvalue weighted by molar-refractivity contribution is 4.85. The third kappa shape index (κ3) is 2.96. The van der Waals surface area contributed by atoms with Gasteiger partial charge in [0.1, 0.15) is 0 Å². The van der Waals surface area contributed by atoms with Crippen LogP contribution in [0.5, 0.6) is 0 Å². The molecule has 2 rings (SSSR count). The van der Waals surface area contributed by atoms with E-state index in [1.165, 1.54) is 51.9 Å².